The van der Waals surface area contributed by atoms with Crippen LogP contribution in [0.2, 0.25) is 0 Å². The molecular weight excluding hydrogens is 278 g/mol. The Morgan fingerprint density at radius 1 is 1.23 bits per heavy atom. The molecule has 0 N–H and O–H groups in total. The lowest BCUT2D eigenvalue weighted by Crippen LogP contribution is -2.17. The lowest BCUT2D eigenvalue weighted by atomic mass is 9.94. The average Bonchev–Trinajstić information content (AvgIpc) is 2.53. The molecule has 0 unspecified atom stereocenters. The first-order valence-corrected chi connectivity index (χ1v) is 7.51. The summed E-state index contributed by atoms with van der Waals surface area (Å²) in [7, 11) is 0. The summed E-state index contributed by atoms with van der Waals surface area (Å²) in [6.07, 6.45) is 3.94. The molecule has 4 nitrogen and oxygen atoms in total. The summed E-state index contributed by atoms with van der Waals surface area (Å²) in [5.41, 5.74) is 2.70. The second-order valence-electron chi connectivity index (χ2n) is 5.67. The van der Waals surface area contributed by atoms with E-state index in [2.05, 4.69) is 18.8 Å². The third-order valence-corrected chi connectivity index (χ3v) is 3.75. The predicted octanol–water partition coefficient (Wildman–Crippen LogP) is 3.75. The van der Waals surface area contributed by atoms with Crippen LogP contribution in [0, 0.1) is 0 Å². The van der Waals surface area contributed by atoms with Crippen LogP contribution in [-0.2, 0) is 6.61 Å². The largest absolute Gasteiger partial charge is 0.492 e. The van der Waals surface area contributed by atoms with Gasteiger partial charge in [-0.05, 0) is 35.7 Å². The fourth-order valence-corrected chi connectivity index (χ4v) is 2.65. The molecule has 0 saturated heterocycles. The highest BCUT2D eigenvalue weighted by molar-refractivity contribution is 6.00. The van der Waals surface area contributed by atoms with Crippen LogP contribution in [-0.4, -0.2) is 17.4 Å². The Labute approximate surface area is 130 Å². The number of ether oxygens (including phenoxy) is 2. The zero-order chi connectivity index (χ0) is 15.5. The maximum Gasteiger partial charge on any atom is 0.170 e. The van der Waals surface area contributed by atoms with Gasteiger partial charge in [-0.3, -0.25) is 9.78 Å². The molecule has 1 aromatic carbocycles. The number of benzene rings is 1. The van der Waals surface area contributed by atoms with E-state index in [1.807, 2.05) is 24.3 Å². The molecule has 3 rings (SSSR count). The fraction of sp³-hybridized carbons (Fsp3) is 0.333. The van der Waals surface area contributed by atoms with Crippen LogP contribution in [0.3, 0.4) is 0 Å². The minimum atomic E-state index is 0.142. The molecule has 0 bridgehead atoms. The number of aromatic nitrogens is 1. The number of carbonyl (C=O) groups is 1. The van der Waals surface area contributed by atoms with Crippen LogP contribution in [0.25, 0.3) is 0 Å². The van der Waals surface area contributed by atoms with Crippen molar-refractivity contribution in [1.29, 1.82) is 0 Å². The van der Waals surface area contributed by atoms with E-state index in [4.69, 9.17) is 9.47 Å². The van der Waals surface area contributed by atoms with Gasteiger partial charge < -0.3 is 9.47 Å². The molecule has 0 radical (unpaired) electrons. The molecule has 0 spiro atoms. The summed E-state index contributed by atoms with van der Waals surface area (Å²) in [6.45, 7) is 5.07. The van der Waals surface area contributed by atoms with Gasteiger partial charge in [0.2, 0.25) is 0 Å². The van der Waals surface area contributed by atoms with Crippen molar-refractivity contribution in [3.05, 3.63) is 53.3 Å². The van der Waals surface area contributed by atoms with Crippen molar-refractivity contribution in [3.63, 3.8) is 0 Å². The van der Waals surface area contributed by atoms with E-state index in [0.29, 0.717) is 30.9 Å². The number of pyridine rings is 1. The Morgan fingerprint density at radius 2 is 2.00 bits per heavy atom. The predicted molar refractivity (Wildman–Crippen MR) is 83.5 cm³/mol. The van der Waals surface area contributed by atoms with Crippen molar-refractivity contribution < 1.29 is 14.3 Å². The Hall–Kier alpha value is -2.36. The highest BCUT2D eigenvalue weighted by atomic mass is 16.5. The number of rotatable bonds is 4. The van der Waals surface area contributed by atoms with E-state index in [1.165, 1.54) is 0 Å². The zero-order valence-corrected chi connectivity index (χ0v) is 12.8. The average molecular weight is 297 g/mol. The van der Waals surface area contributed by atoms with Crippen LogP contribution in [0.4, 0.5) is 0 Å². The summed E-state index contributed by atoms with van der Waals surface area (Å²) in [4.78, 5) is 16.0. The third-order valence-electron chi connectivity index (χ3n) is 3.75. The number of fused-ring (bicyclic) bond motifs is 1. The molecule has 2 heterocycles. The molecule has 0 aliphatic carbocycles. The quantitative estimate of drug-likeness (QED) is 0.862. The lowest BCUT2D eigenvalue weighted by Gasteiger charge is -2.24. The maximum atomic E-state index is 12.0. The standard InChI is InChI=1S/C18H19NO3/c1-12(2)17-16(22-11-13-5-8-19-9-6-13)4-3-14-15(20)7-10-21-18(14)17/h3-6,8-9,12H,7,10-11H2,1-2H3. The molecule has 22 heavy (non-hydrogen) atoms. The molecule has 1 aliphatic heterocycles. The van der Waals surface area contributed by atoms with Gasteiger partial charge in [-0.15, -0.1) is 0 Å². The minimum absolute atomic E-state index is 0.142. The summed E-state index contributed by atoms with van der Waals surface area (Å²) in [6, 6.07) is 7.54. The third kappa shape index (κ3) is 2.82. The van der Waals surface area contributed by atoms with Crippen LogP contribution in [0.15, 0.2) is 36.7 Å². The summed E-state index contributed by atoms with van der Waals surface area (Å²) in [5.74, 6) is 1.83. The molecule has 0 fully saturated rings. The second-order valence-corrected chi connectivity index (χ2v) is 5.67. The van der Waals surface area contributed by atoms with Crippen molar-refractivity contribution in [1.82, 2.24) is 4.98 Å². The Bertz CT molecular complexity index is 680. The molecule has 0 amide bonds. The Balaban J connectivity index is 1.92. The normalized spacial score (nSPS) is 13.7. The second kappa shape index (κ2) is 6.18. The van der Waals surface area contributed by atoms with Gasteiger partial charge in [0, 0.05) is 24.4 Å². The van der Waals surface area contributed by atoms with Crippen molar-refractivity contribution in [2.45, 2.75) is 32.8 Å². The number of ketones is 1. The van der Waals surface area contributed by atoms with Crippen molar-refractivity contribution in [2.75, 3.05) is 6.61 Å². The maximum absolute atomic E-state index is 12.0. The molecule has 2 aromatic rings. The summed E-state index contributed by atoms with van der Waals surface area (Å²) < 4.78 is 11.7. The van der Waals surface area contributed by atoms with Gasteiger partial charge >= 0.3 is 0 Å². The van der Waals surface area contributed by atoms with Crippen molar-refractivity contribution >= 4 is 5.78 Å². The van der Waals surface area contributed by atoms with Gasteiger partial charge in [-0.1, -0.05) is 13.8 Å². The van der Waals surface area contributed by atoms with Crippen LogP contribution < -0.4 is 9.47 Å². The zero-order valence-electron chi connectivity index (χ0n) is 12.8. The summed E-state index contributed by atoms with van der Waals surface area (Å²) in [5, 5.41) is 0. The Kier molecular flexibility index (Phi) is 4.09. The summed E-state index contributed by atoms with van der Waals surface area (Å²) >= 11 is 0. The molecular formula is C18H19NO3. The number of hydrogen-bond donors (Lipinski definition) is 0. The van der Waals surface area contributed by atoms with Crippen LogP contribution in [0.5, 0.6) is 11.5 Å². The van der Waals surface area contributed by atoms with E-state index in [-0.39, 0.29) is 11.7 Å². The van der Waals surface area contributed by atoms with Crippen LogP contribution >= 0.6 is 0 Å². The molecule has 4 heteroatoms. The van der Waals surface area contributed by atoms with E-state index in [1.54, 1.807) is 12.4 Å². The van der Waals surface area contributed by atoms with Crippen molar-refractivity contribution in [3.8, 4) is 11.5 Å². The Morgan fingerprint density at radius 3 is 2.73 bits per heavy atom. The number of hydrogen-bond acceptors (Lipinski definition) is 4. The van der Waals surface area contributed by atoms with Crippen LogP contribution in [0.1, 0.15) is 47.7 Å². The number of Topliss-reactive ketones (excluding diaryl/α,β-unsaturated/α-hetero) is 1. The van der Waals surface area contributed by atoms with E-state index in [9.17, 15) is 4.79 Å². The smallest absolute Gasteiger partial charge is 0.170 e. The first-order valence-electron chi connectivity index (χ1n) is 7.51. The molecule has 0 atom stereocenters. The number of nitrogens with zero attached hydrogens (tertiary/aromatic N) is 1. The fourth-order valence-electron chi connectivity index (χ4n) is 2.65. The van der Waals surface area contributed by atoms with Gasteiger partial charge in [0.1, 0.15) is 18.1 Å². The van der Waals surface area contributed by atoms with Gasteiger partial charge in [-0.2, -0.15) is 0 Å². The van der Waals surface area contributed by atoms with Gasteiger partial charge in [0.05, 0.1) is 12.2 Å². The molecule has 1 aliphatic rings. The molecule has 1 aromatic heterocycles. The van der Waals surface area contributed by atoms with Gasteiger partial charge in [-0.25, -0.2) is 0 Å². The lowest BCUT2D eigenvalue weighted by molar-refractivity contribution is 0.0932. The first-order chi connectivity index (χ1) is 10.7. The van der Waals surface area contributed by atoms with Gasteiger partial charge in [0.25, 0.3) is 0 Å². The topological polar surface area (TPSA) is 48.4 Å². The molecule has 114 valence electrons. The van der Waals surface area contributed by atoms with Gasteiger partial charge in [0.15, 0.2) is 5.78 Å². The number of carbonyl (C=O) groups excluding carboxylic acids is 1. The SMILES string of the molecule is CC(C)c1c(OCc2ccncc2)ccc2c1OCCC2=O. The van der Waals surface area contributed by atoms with E-state index in [0.717, 1.165) is 16.9 Å². The highest BCUT2D eigenvalue weighted by Gasteiger charge is 2.25. The van der Waals surface area contributed by atoms with E-state index >= 15 is 0 Å². The van der Waals surface area contributed by atoms with E-state index < -0.39 is 0 Å². The van der Waals surface area contributed by atoms with Crippen molar-refractivity contribution in [2.24, 2.45) is 0 Å². The minimum Gasteiger partial charge on any atom is -0.492 e. The highest BCUT2D eigenvalue weighted by Crippen LogP contribution is 2.40. The first kappa shape index (κ1) is 14.6. The monoisotopic (exact) mass is 297 g/mol. The molecule has 0 saturated carbocycles.